The fraction of sp³-hybridized carbons (Fsp3) is 0.167. The molecule has 1 amide bonds. The van der Waals surface area contributed by atoms with Gasteiger partial charge in [0.2, 0.25) is 11.1 Å². The van der Waals surface area contributed by atoms with Crippen molar-refractivity contribution in [2.75, 3.05) is 23.0 Å². The van der Waals surface area contributed by atoms with E-state index in [-0.39, 0.29) is 11.7 Å². The summed E-state index contributed by atoms with van der Waals surface area (Å²) in [5, 5.41) is 9.54. The Morgan fingerprint density at radius 3 is 2.59 bits per heavy atom. The molecule has 0 unspecified atom stereocenters. The van der Waals surface area contributed by atoms with Crippen molar-refractivity contribution in [3.63, 3.8) is 0 Å². The van der Waals surface area contributed by atoms with Crippen LogP contribution in [0.15, 0.2) is 53.7 Å². The Morgan fingerprint density at radius 2 is 1.93 bits per heavy atom. The molecule has 2 N–H and O–H groups in total. The number of aromatic nitrogens is 3. The highest BCUT2D eigenvalue weighted by atomic mass is 35.5. The molecule has 0 bridgehead atoms. The smallest absolute Gasteiger partial charge is 0.237 e. The number of nitrogen functional groups attached to an aromatic ring is 1. The van der Waals surface area contributed by atoms with Gasteiger partial charge in [0.25, 0.3) is 0 Å². The Morgan fingerprint density at radius 1 is 1.19 bits per heavy atom. The molecule has 0 radical (unpaired) electrons. The zero-order valence-electron chi connectivity index (χ0n) is 14.5. The number of hydrogen-bond acceptors (Lipinski definition) is 5. The summed E-state index contributed by atoms with van der Waals surface area (Å²) in [5.41, 5.74) is 1.47. The van der Waals surface area contributed by atoms with Crippen molar-refractivity contribution in [3.8, 4) is 11.4 Å². The molecular weight excluding hydrogens is 405 g/mol. The van der Waals surface area contributed by atoms with Gasteiger partial charge in [0, 0.05) is 22.8 Å². The molecule has 3 rings (SSSR count). The minimum atomic E-state index is -0.0391. The maximum absolute atomic E-state index is 12.6. The summed E-state index contributed by atoms with van der Waals surface area (Å²) in [5.74, 6) is 6.66. The number of amides is 1. The second-order valence-electron chi connectivity index (χ2n) is 5.56. The molecule has 27 heavy (non-hydrogen) atoms. The van der Waals surface area contributed by atoms with Gasteiger partial charge in [0.1, 0.15) is 0 Å². The first kappa shape index (κ1) is 19.5. The fourth-order valence-corrected chi connectivity index (χ4v) is 3.77. The summed E-state index contributed by atoms with van der Waals surface area (Å²) in [4.78, 5) is 14.3. The lowest BCUT2D eigenvalue weighted by molar-refractivity contribution is -0.116. The Bertz CT molecular complexity index is 948. The summed E-state index contributed by atoms with van der Waals surface area (Å²) in [6, 6.07) is 14.6. The van der Waals surface area contributed by atoms with E-state index in [2.05, 4.69) is 10.2 Å². The van der Waals surface area contributed by atoms with Gasteiger partial charge >= 0.3 is 0 Å². The fourth-order valence-electron chi connectivity index (χ4n) is 2.55. The van der Waals surface area contributed by atoms with Gasteiger partial charge in [0.15, 0.2) is 5.82 Å². The van der Waals surface area contributed by atoms with Crippen molar-refractivity contribution in [1.29, 1.82) is 0 Å². The summed E-state index contributed by atoms with van der Waals surface area (Å²) >= 11 is 13.4. The maximum Gasteiger partial charge on any atom is 0.237 e. The largest absolute Gasteiger partial charge is 0.335 e. The van der Waals surface area contributed by atoms with Crippen LogP contribution in [0.5, 0.6) is 0 Å². The van der Waals surface area contributed by atoms with Gasteiger partial charge in [-0.3, -0.25) is 4.79 Å². The van der Waals surface area contributed by atoms with Crippen LogP contribution in [0.25, 0.3) is 11.4 Å². The molecule has 0 saturated heterocycles. The van der Waals surface area contributed by atoms with Crippen LogP contribution in [-0.2, 0) is 4.79 Å². The number of hydrogen-bond donors (Lipinski definition) is 1. The lowest BCUT2D eigenvalue weighted by Gasteiger charge is -2.20. The van der Waals surface area contributed by atoms with Crippen LogP contribution in [-0.4, -0.2) is 33.1 Å². The van der Waals surface area contributed by atoms with E-state index < -0.39 is 0 Å². The zero-order valence-corrected chi connectivity index (χ0v) is 16.8. The maximum atomic E-state index is 12.6. The molecule has 1 heterocycles. The summed E-state index contributed by atoms with van der Waals surface area (Å²) in [7, 11) is 0. The lowest BCUT2D eigenvalue weighted by Crippen LogP contribution is -2.32. The van der Waals surface area contributed by atoms with Crippen molar-refractivity contribution < 1.29 is 4.79 Å². The lowest BCUT2D eigenvalue weighted by atomic mass is 10.2. The van der Waals surface area contributed by atoms with Crippen LogP contribution in [0.3, 0.4) is 0 Å². The first-order valence-electron chi connectivity index (χ1n) is 8.15. The summed E-state index contributed by atoms with van der Waals surface area (Å²) in [6.45, 7) is 2.51. The van der Waals surface area contributed by atoms with Gasteiger partial charge in [-0.15, -0.1) is 10.2 Å². The first-order valence-corrected chi connectivity index (χ1v) is 9.89. The highest BCUT2D eigenvalue weighted by molar-refractivity contribution is 7.99. The quantitative estimate of drug-likeness (QED) is 0.478. The molecule has 0 aliphatic rings. The predicted molar refractivity (Wildman–Crippen MR) is 111 cm³/mol. The van der Waals surface area contributed by atoms with Crippen LogP contribution >= 0.6 is 35.0 Å². The molecule has 0 spiro atoms. The van der Waals surface area contributed by atoms with Gasteiger partial charge in [-0.25, -0.2) is 4.68 Å². The third-order valence-electron chi connectivity index (χ3n) is 3.85. The van der Waals surface area contributed by atoms with Gasteiger partial charge in [0.05, 0.1) is 10.8 Å². The Hall–Kier alpha value is -2.22. The summed E-state index contributed by atoms with van der Waals surface area (Å²) in [6.07, 6.45) is 0. The topological polar surface area (TPSA) is 77.0 Å². The second kappa shape index (κ2) is 8.65. The number of para-hydroxylation sites is 1. The molecule has 2 aromatic carbocycles. The molecule has 6 nitrogen and oxygen atoms in total. The number of benzene rings is 2. The average Bonchev–Trinajstić information content (AvgIpc) is 3.02. The van der Waals surface area contributed by atoms with Gasteiger partial charge in [-0.05, 0) is 37.3 Å². The normalized spacial score (nSPS) is 10.8. The van der Waals surface area contributed by atoms with Gasteiger partial charge < -0.3 is 10.7 Å². The number of rotatable bonds is 6. The Kier molecular flexibility index (Phi) is 6.26. The van der Waals surface area contributed by atoms with E-state index >= 15 is 0 Å². The molecule has 0 aliphatic heterocycles. The molecule has 9 heteroatoms. The number of carbonyl (C=O) groups excluding carboxylic acids is 1. The van der Waals surface area contributed by atoms with Crippen LogP contribution < -0.4 is 10.7 Å². The number of thioether (sulfide) groups is 1. The monoisotopic (exact) mass is 421 g/mol. The number of nitrogens with zero attached hydrogens (tertiary/aromatic N) is 4. The summed E-state index contributed by atoms with van der Waals surface area (Å²) < 4.78 is 1.33. The van der Waals surface area contributed by atoms with E-state index in [1.165, 1.54) is 16.4 Å². The highest BCUT2D eigenvalue weighted by Crippen LogP contribution is 2.30. The average molecular weight is 422 g/mol. The number of halogens is 2. The van der Waals surface area contributed by atoms with Crippen molar-refractivity contribution >= 4 is 46.6 Å². The van der Waals surface area contributed by atoms with E-state index in [1.807, 2.05) is 37.3 Å². The minimum Gasteiger partial charge on any atom is -0.335 e. The van der Waals surface area contributed by atoms with Crippen molar-refractivity contribution in [1.82, 2.24) is 14.9 Å². The standard InChI is InChI=1S/C18H17Cl2N5OS/c1-2-24(13-6-4-3-5-7-13)16(26)11-27-18-23-22-17(25(18)21)14-9-8-12(19)10-15(14)20/h3-10H,2,11,21H2,1H3. The highest BCUT2D eigenvalue weighted by Gasteiger charge is 2.18. The molecular formula is C18H17Cl2N5OS. The first-order chi connectivity index (χ1) is 13.0. The van der Waals surface area contributed by atoms with E-state index in [0.29, 0.717) is 33.1 Å². The van der Waals surface area contributed by atoms with Crippen molar-refractivity contribution in [2.45, 2.75) is 12.1 Å². The SMILES string of the molecule is CCN(C(=O)CSc1nnc(-c2ccc(Cl)cc2Cl)n1N)c1ccccc1. The Labute approximate surface area is 171 Å². The molecule has 0 fully saturated rings. The van der Waals surface area contributed by atoms with E-state index in [4.69, 9.17) is 29.0 Å². The molecule has 3 aromatic rings. The molecule has 0 aliphatic carbocycles. The van der Waals surface area contributed by atoms with Gasteiger partial charge in [-0.2, -0.15) is 0 Å². The minimum absolute atomic E-state index is 0.0391. The third-order valence-corrected chi connectivity index (χ3v) is 5.32. The number of carbonyl (C=O) groups is 1. The van der Waals surface area contributed by atoms with Gasteiger partial charge in [-0.1, -0.05) is 53.2 Å². The third kappa shape index (κ3) is 4.37. The van der Waals surface area contributed by atoms with E-state index in [1.54, 1.807) is 23.1 Å². The van der Waals surface area contributed by atoms with E-state index in [0.717, 1.165) is 5.69 Å². The van der Waals surface area contributed by atoms with Crippen molar-refractivity contribution in [2.24, 2.45) is 0 Å². The molecule has 1 aromatic heterocycles. The number of anilines is 1. The molecule has 0 atom stereocenters. The molecule has 0 saturated carbocycles. The predicted octanol–water partition coefficient (Wildman–Crippen LogP) is 4.11. The van der Waals surface area contributed by atoms with Crippen LogP contribution in [0.4, 0.5) is 5.69 Å². The Balaban J connectivity index is 1.73. The molecule has 140 valence electrons. The van der Waals surface area contributed by atoms with Crippen LogP contribution in [0, 0.1) is 0 Å². The second-order valence-corrected chi connectivity index (χ2v) is 7.35. The van der Waals surface area contributed by atoms with Crippen LogP contribution in [0.1, 0.15) is 6.92 Å². The van der Waals surface area contributed by atoms with Crippen molar-refractivity contribution in [3.05, 3.63) is 58.6 Å². The number of nitrogens with two attached hydrogens (primary N) is 1. The zero-order chi connectivity index (χ0) is 19.4. The van der Waals surface area contributed by atoms with Crippen LogP contribution in [0.2, 0.25) is 10.0 Å². The van der Waals surface area contributed by atoms with E-state index in [9.17, 15) is 4.79 Å².